The van der Waals surface area contributed by atoms with Crippen LogP contribution in [-0.2, 0) is 4.79 Å². The molecular weight excluding hydrogens is 339 g/mol. The monoisotopic (exact) mass is 360 g/mol. The van der Waals surface area contributed by atoms with Gasteiger partial charge in [-0.3, -0.25) is 4.79 Å². The second-order valence-corrected chi connectivity index (χ2v) is 5.69. The molecule has 18 heavy (non-hydrogen) atoms. The first-order chi connectivity index (χ1) is 8.72. The van der Waals surface area contributed by atoms with Gasteiger partial charge < -0.3 is 4.74 Å². The normalized spacial score (nSPS) is 10.3. The van der Waals surface area contributed by atoms with E-state index >= 15 is 0 Å². The molecule has 0 atom stereocenters. The van der Waals surface area contributed by atoms with Crippen LogP contribution in [0.2, 0.25) is 0 Å². The van der Waals surface area contributed by atoms with E-state index in [0.717, 1.165) is 16.4 Å². The minimum atomic E-state index is -0.119. The van der Waals surface area contributed by atoms with Gasteiger partial charge in [-0.05, 0) is 53.3 Å². The molecule has 0 saturated carbocycles. The average Bonchev–Trinajstić information content (AvgIpc) is 2.36. The number of hydrogen-bond donors (Lipinski definition) is 0. The first-order valence-corrected chi connectivity index (χ1v) is 7.76. The van der Waals surface area contributed by atoms with Crippen molar-refractivity contribution in [2.45, 2.75) is 51.9 Å². The molecule has 0 bridgehead atoms. The Labute approximate surface area is 123 Å². The molecular formula is C15H21IO2. The molecule has 100 valence electrons. The first kappa shape index (κ1) is 15.5. The topological polar surface area (TPSA) is 26.3 Å². The van der Waals surface area contributed by atoms with Gasteiger partial charge in [0.2, 0.25) is 0 Å². The molecule has 0 aliphatic carbocycles. The van der Waals surface area contributed by atoms with Crippen LogP contribution in [0, 0.1) is 3.57 Å². The molecule has 1 aromatic carbocycles. The predicted octanol–water partition coefficient (Wildman–Crippen LogP) is 4.95. The Bertz CT molecular complexity index is 346. The molecule has 0 unspecified atom stereocenters. The molecule has 0 saturated heterocycles. The maximum Gasteiger partial charge on any atom is 0.311 e. The van der Waals surface area contributed by atoms with Crippen LogP contribution in [0.4, 0.5) is 0 Å². The van der Waals surface area contributed by atoms with Gasteiger partial charge in [0.1, 0.15) is 5.75 Å². The third-order valence-corrected chi connectivity index (χ3v) is 3.50. The molecule has 0 radical (unpaired) electrons. The molecule has 0 aliphatic rings. The van der Waals surface area contributed by atoms with Crippen LogP contribution in [-0.4, -0.2) is 5.97 Å². The molecule has 0 aromatic heterocycles. The van der Waals surface area contributed by atoms with Gasteiger partial charge in [-0.25, -0.2) is 0 Å². The smallest absolute Gasteiger partial charge is 0.311 e. The fourth-order valence-corrected chi connectivity index (χ4v) is 2.09. The van der Waals surface area contributed by atoms with Crippen molar-refractivity contribution in [2.75, 3.05) is 0 Å². The zero-order valence-corrected chi connectivity index (χ0v) is 13.1. The van der Waals surface area contributed by atoms with Gasteiger partial charge in [0.05, 0.1) is 0 Å². The SMILES string of the molecule is CCCCCCCCC(=O)Oc1ccc(I)cc1. The molecule has 2 nitrogen and oxygen atoms in total. The Morgan fingerprint density at radius 1 is 1.06 bits per heavy atom. The van der Waals surface area contributed by atoms with Gasteiger partial charge >= 0.3 is 5.97 Å². The summed E-state index contributed by atoms with van der Waals surface area (Å²) in [5, 5.41) is 0. The third-order valence-electron chi connectivity index (χ3n) is 2.78. The highest BCUT2D eigenvalue weighted by Crippen LogP contribution is 2.15. The lowest BCUT2D eigenvalue weighted by Crippen LogP contribution is -2.07. The fourth-order valence-electron chi connectivity index (χ4n) is 1.73. The van der Waals surface area contributed by atoms with E-state index in [0.29, 0.717) is 12.2 Å². The maximum atomic E-state index is 11.6. The zero-order chi connectivity index (χ0) is 13.2. The van der Waals surface area contributed by atoms with E-state index in [2.05, 4.69) is 29.5 Å². The Hall–Kier alpha value is -0.580. The summed E-state index contributed by atoms with van der Waals surface area (Å²) < 4.78 is 6.40. The van der Waals surface area contributed by atoms with Gasteiger partial charge in [0.25, 0.3) is 0 Å². The van der Waals surface area contributed by atoms with Gasteiger partial charge in [-0.1, -0.05) is 39.0 Å². The number of carbonyl (C=O) groups excluding carboxylic acids is 1. The standard InChI is InChI=1S/C15H21IO2/c1-2-3-4-5-6-7-8-15(17)18-14-11-9-13(16)10-12-14/h9-12H,2-8H2,1H3. The summed E-state index contributed by atoms with van der Waals surface area (Å²) in [7, 11) is 0. The minimum Gasteiger partial charge on any atom is -0.427 e. The summed E-state index contributed by atoms with van der Waals surface area (Å²) in [6.45, 7) is 2.21. The predicted molar refractivity (Wildman–Crippen MR) is 82.8 cm³/mol. The number of benzene rings is 1. The molecule has 0 heterocycles. The molecule has 1 rings (SSSR count). The van der Waals surface area contributed by atoms with E-state index in [9.17, 15) is 4.79 Å². The molecule has 3 heteroatoms. The van der Waals surface area contributed by atoms with Crippen LogP contribution in [0.1, 0.15) is 51.9 Å². The van der Waals surface area contributed by atoms with Gasteiger partial charge in [-0.15, -0.1) is 0 Å². The van der Waals surface area contributed by atoms with Gasteiger partial charge in [-0.2, -0.15) is 0 Å². The van der Waals surface area contributed by atoms with Crippen molar-refractivity contribution < 1.29 is 9.53 Å². The fraction of sp³-hybridized carbons (Fsp3) is 0.533. The minimum absolute atomic E-state index is 0.119. The number of hydrogen-bond acceptors (Lipinski definition) is 2. The Kier molecular flexibility index (Phi) is 8.05. The van der Waals surface area contributed by atoms with Crippen molar-refractivity contribution in [3.63, 3.8) is 0 Å². The average molecular weight is 360 g/mol. The first-order valence-electron chi connectivity index (χ1n) is 6.68. The lowest BCUT2D eigenvalue weighted by atomic mass is 10.1. The van der Waals surface area contributed by atoms with Crippen LogP contribution < -0.4 is 4.74 Å². The molecule has 0 N–H and O–H groups in total. The number of ether oxygens (including phenoxy) is 1. The lowest BCUT2D eigenvalue weighted by Gasteiger charge is -2.04. The third kappa shape index (κ3) is 6.99. The Balaban J connectivity index is 2.12. The zero-order valence-electron chi connectivity index (χ0n) is 11.0. The van der Waals surface area contributed by atoms with Crippen LogP contribution in [0.3, 0.4) is 0 Å². The molecule has 0 fully saturated rings. The summed E-state index contributed by atoms with van der Waals surface area (Å²) in [5.74, 6) is 0.526. The molecule has 0 aliphatic heterocycles. The number of carbonyl (C=O) groups is 1. The summed E-state index contributed by atoms with van der Waals surface area (Å²) >= 11 is 2.23. The van der Waals surface area contributed by atoms with Gasteiger partial charge in [0, 0.05) is 9.99 Å². The van der Waals surface area contributed by atoms with Crippen molar-refractivity contribution in [3.8, 4) is 5.75 Å². The van der Waals surface area contributed by atoms with Crippen LogP contribution in [0.5, 0.6) is 5.75 Å². The maximum absolute atomic E-state index is 11.6. The van der Waals surface area contributed by atoms with E-state index in [1.807, 2.05) is 24.3 Å². The van der Waals surface area contributed by atoms with Crippen molar-refractivity contribution in [1.29, 1.82) is 0 Å². The van der Waals surface area contributed by atoms with Crippen molar-refractivity contribution in [2.24, 2.45) is 0 Å². The molecule has 0 spiro atoms. The Morgan fingerprint density at radius 2 is 1.67 bits per heavy atom. The van der Waals surface area contributed by atoms with E-state index in [4.69, 9.17) is 4.74 Å². The van der Waals surface area contributed by atoms with Crippen LogP contribution in [0.25, 0.3) is 0 Å². The van der Waals surface area contributed by atoms with Gasteiger partial charge in [0.15, 0.2) is 0 Å². The van der Waals surface area contributed by atoms with Crippen molar-refractivity contribution >= 4 is 28.6 Å². The molecule has 0 amide bonds. The molecule has 1 aromatic rings. The van der Waals surface area contributed by atoms with Crippen LogP contribution >= 0.6 is 22.6 Å². The van der Waals surface area contributed by atoms with E-state index < -0.39 is 0 Å². The quantitative estimate of drug-likeness (QED) is 0.284. The van der Waals surface area contributed by atoms with Crippen molar-refractivity contribution in [1.82, 2.24) is 0 Å². The van der Waals surface area contributed by atoms with Crippen LogP contribution in [0.15, 0.2) is 24.3 Å². The second kappa shape index (κ2) is 9.36. The number of halogens is 1. The summed E-state index contributed by atoms with van der Waals surface area (Å²) in [6, 6.07) is 7.55. The largest absolute Gasteiger partial charge is 0.427 e. The Morgan fingerprint density at radius 3 is 2.33 bits per heavy atom. The number of esters is 1. The summed E-state index contributed by atoms with van der Waals surface area (Å²) in [5.41, 5.74) is 0. The van der Waals surface area contributed by atoms with E-state index in [1.165, 1.54) is 25.7 Å². The highest BCUT2D eigenvalue weighted by Gasteiger charge is 2.04. The highest BCUT2D eigenvalue weighted by atomic mass is 127. The number of rotatable bonds is 8. The number of unbranched alkanes of at least 4 members (excludes halogenated alkanes) is 5. The highest BCUT2D eigenvalue weighted by molar-refractivity contribution is 14.1. The van der Waals surface area contributed by atoms with Crippen molar-refractivity contribution in [3.05, 3.63) is 27.8 Å². The second-order valence-electron chi connectivity index (χ2n) is 4.45. The summed E-state index contributed by atoms with van der Waals surface area (Å²) in [4.78, 5) is 11.6. The van der Waals surface area contributed by atoms with E-state index in [-0.39, 0.29) is 5.97 Å². The summed E-state index contributed by atoms with van der Waals surface area (Å²) in [6.07, 6.45) is 7.65. The lowest BCUT2D eigenvalue weighted by molar-refractivity contribution is -0.134. The van der Waals surface area contributed by atoms with E-state index in [1.54, 1.807) is 0 Å².